The number of aliphatic hydroxyl groups excluding tert-OH is 2. The summed E-state index contributed by atoms with van der Waals surface area (Å²) in [7, 11) is 0. The Morgan fingerprint density at radius 2 is 2.00 bits per heavy atom. The van der Waals surface area contributed by atoms with E-state index in [1.165, 1.54) is 12.4 Å². The van der Waals surface area contributed by atoms with Crippen molar-refractivity contribution in [1.29, 1.82) is 0 Å². The first kappa shape index (κ1) is 12.0. The first-order valence-electron chi connectivity index (χ1n) is 4.49. The highest BCUT2D eigenvalue weighted by atomic mass is 35.5. The number of hydrogen-bond acceptors (Lipinski definition) is 5. The number of rotatable bonds is 4. The Morgan fingerprint density at radius 3 is 2.60 bits per heavy atom. The molecule has 1 aromatic rings. The lowest BCUT2D eigenvalue weighted by Crippen LogP contribution is -2.20. The van der Waals surface area contributed by atoms with Crippen LogP contribution in [0.2, 0.25) is 0 Å². The zero-order valence-electron chi connectivity index (χ0n) is 8.10. The van der Waals surface area contributed by atoms with Crippen molar-refractivity contribution in [2.45, 2.75) is 18.6 Å². The Morgan fingerprint density at radius 1 is 1.33 bits per heavy atom. The van der Waals surface area contributed by atoms with Gasteiger partial charge in [-0.2, -0.15) is 0 Å². The number of anilines is 2. The number of alkyl halides is 1. The van der Waals surface area contributed by atoms with Crippen LogP contribution in [-0.4, -0.2) is 27.2 Å². The van der Waals surface area contributed by atoms with Crippen LogP contribution in [0.3, 0.4) is 0 Å². The fourth-order valence-electron chi connectivity index (χ4n) is 1.22. The summed E-state index contributed by atoms with van der Waals surface area (Å²) in [6, 6.07) is 0. The second-order valence-corrected chi connectivity index (χ2v) is 3.60. The molecule has 0 bridgehead atoms. The highest BCUT2D eigenvalue weighted by Crippen LogP contribution is 2.27. The molecule has 0 aliphatic carbocycles. The number of nitrogens with two attached hydrogens (primary N) is 2. The lowest BCUT2D eigenvalue weighted by Gasteiger charge is -2.18. The van der Waals surface area contributed by atoms with Gasteiger partial charge in [0.1, 0.15) is 6.10 Å². The quantitative estimate of drug-likeness (QED) is 0.557. The van der Waals surface area contributed by atoms with Crippen molar-refractivity contribution in [2.75, 3.05) is 17.3 Å². The average Bonchev–Trinajstić information content (AvgIpc) is 2.21. The van der Waals surface area contributed by atoms with Crippen molar-refractivity contribution in [1.82, 2.24) is 4.98 Å². The van der Waals surface area contributed by atoms with E-state index < -0.39 is 12.2 Å². The molecule has 2 unspecified atom stereocenters. The van der Waals surface area contributed by atoms with E-state index in [1.54, 1.807) is 0 Å². The first-order chi connectivity index (χ1) is 7.07. The highest BCUT2D eigenvalue weighted by Gasteiger charge is 2.21. The molecule has 2 atom stereocenters. The van der Waals surface area contributed by atoms with Crippen LogP contribution in [0.4, 0.5) is 11.4 Å². The Kier molecular flexibility index (Phi) is 4.14. The zero-order chi connectivity index (χ0) is 11.4. The minimum Gasteiger partial charge on any atom is -0.397 e. The third-order valence-electron chi connectivity index (χ3n) is 2.14. The molecule has 6 heteroatoms. The standard InChI is InChI=1S/C9H14ClN3O2/c10-2-1-7(14)9(15)5-3-13-4-6(11)8(5)12/h3-4,7,9,14-15H,1-2,11H2,(H2,12,13). The summed E-state index contributed by atoms with van der Waals surface area (Å²) in [5, 5.41) is 19.3. The molecule has 0 amide bonds. The number of hydrogen-bond donors (Lipinski definition) is 4. The van der Waals surface area contributed by atoms with E-state index in [9.17, 15) is 10.2 Å². The van der Waals surface area contributed by atoms with Crippen molar-refractivity contribution in [3.8, 4) is 0 Å². The smallest absolute Gasteiger partial charge is 0.108 e. The lowest BCUT2D eigenvalue weighted by molar-refractivity contribution is 0.0173. The van der Waals surface area contributed by atoms with Crippen LogP contribution in [0.5, 0.6) is 0 Å². The summed E-state index contributed by atoms with van der Waals surface area (Å²) >= 11 is 5.46. The molecule has 0 aliphatic rings. The van der Waals surface area contributed by atoms with E-state index in [4.69, 9.17) is 23.1 Å². The van der Waals surface area contributed by atoms with Crippen molar-refractivity contribution in [3.63, 3.8) is 0 Å². The van der Waals surface area contributed by atoms with E-state index in [2.05, 4.69) is 4.98 Å². The first-order valence-corrected chi connectivity index (χ1v) is 5.02. The summed E-state index contributed by atoms with van der Waals surface area (Å²) < 4.78 is 0. The normalized spacial score (nSPS) is 14.9. The predicted molar refractivity (Wildman–Crippen MR) is 59.4 cm³/mol. The molecular formula is C9H14ClN3O2. The van der Waals surface area contributed by atoms with Crippen LogP contribution in [0.25, 0.3) is 0 Å². The van der Waals surface area contributed by atoms with E-state index in [-0.39, 0.29) is 23.7 Å². The molecule has 15 heavy (non-hydrogen) atoms. The van der Waals surface area contributed by atoms with Gasteiger partial charge in [0.15, 0.2) is 0 Å². The van der Waals surface area contributed by atoms with Crippen LogP contribution in [0.15, 0.2) is 12.4 Å². The number of aliphatic hydroxyl groups is 2. The number of aromatic nitrogens is 1. The van der Waals surface area contributed by atoms with Gasteiger partial charge in [0.2, 0.25) is 0 Å². The monoisotopic (exact) mass is 231 g/mol. The number of halogens is 1. The Bertz CT molecular complexity index is 335. The molecule has 0 saturated heterocycles. The molecule has 1 rings (SSSR count). The maximum Gasteiger partial charge on any atom is 0.108 e. The molecule has 5 nitrogen and oxygen atoms in total. The minimum atomic E-state index is -1.11. The van der Waals surface area contributed by atoms with Crippen LogP contribution in [0, 0.1) is 0 Å². The van der Waals surface area contributed by atoms with Crippen molar-refractivity contribution in [2.24, 2.45) is 0 Å². The molecule has 1 aromatic heterocycles. The van der Waals surface area contributed by atoms with Gasteiger partial charge in [-0.15, -0.1) is 11.6 Å². The summed E-state index contributed by atoms with van der Waals surface area (Å²) in [6.07, 6.45) is 0.970. The molecule has 1 heterocycles. The third kappa shape index (κ3) is 2.71. The maximum atomic E-state index is 9.74. The van der Waals surface area contributed by atoms with Crippen LogP contribution in [0.1, 0.15) is 18.1 Å². The van der Waals surface area contributed by atoms with E-state index in [1.807, 2.05) is 0 Å². The minimum absolute atomic E-state index is 0.242. The zero-order valence-corrected chi connectivity index (χ0v) is 8.85. The summed E-state index contributed by atoms with van der Waals surface area (Å²) in [5.74, 6) is 0.258. The van der Waals surface area contributed by atoms with Crippen molar-refractivity contribution >= 4 is 23.0 Å². The highest BCUT2D eigenvalue weighted by molar-refractivity contribution is 6.17. The van der Waals surface area contributed by atoms with Gasteiger partial charge in [-0.05, 0) is 6.42 Å². The van der Waals surface area contributed by atoms with Gasteiger partial charge in [0.25, 0.3) is 0 Å². The van der Waals surface area contributed by atoms with Gasteiger partial charge < -0.3 is 21.7 Å². The molecule has 84 valence electrons. The number of nitrogen functional groups attached to an aromatic ring is 2. The topological polar surface area (TPSA) is 105 Å². The third-order valence-corrected chi connectivity index (χ3v) is 2.36. The second kappa shape index (κ2) is 5.16. The summed E-state index contributed by atoms with van der Waals surface area (Å²) in [6.45, 7) is 0. The Labute approximate surface area is 92.7 Å². The average molecular weight is 232 g/mol. The van der Waals surface area contributed by atoms with E-state index in [0.717, 1.165) is 0 Å². The lowest BCUT2D eigenvalue weighted by atomic mass is 10.0. The van der Waals surface area contributed by atoms with Gasteiger partial charge in [-0.25, -0.2) is 0 Å². The Hall–Kier alpha value is -1.04. The molecule has 6 N–H and O–H groups in total. The molecule has 0 fully saturated rings. The molecular weight excluding hydrogens is 218 g/mol. The Balaban J connectivity index is 2.90. The largest absolute Gasteiger partial charge is 0.397 e. The molecule has 0 radical (unpaired) electrons. The predicted octanol–water partition coefficient (Wildman–Crippen LogP) is 0.269. The van der Waals surface area contributed by atoms with Crippen molar-refractivity contribution in [3.05, 3.63) is 18.0 Å². The summed E-state index contributed by atoms with van der Waals surface area (Å²) in [4.78, 5) is 3.80. The SMILES string of the molecule is Nc1cncc(C(O)C(O)CCCl)c1N. The fourth-order valence-corrected chi connectivity index (χ4v) is 1.44. The van der Waals surface area contributed by atoms with Gasteiger partial charge in [-0.1, -0.05) is 0 Å². The molecule has 0 spiro atoms. The van der Waals surface area contributed by atoms with Crippen molar-refractivity contribution < 1.29 is 10.2 Å². The molecule has 0 aliphatic heterocycles. The fraction of sp³-hybridized carbons (Fsp3) is 0.444. The number of pyridine rings is 1. The van der Waals surface area contributed by atoms with Gasteiger partial charge in [0, 0.05) is 17.6 Å². The van der Waals surface area contributed by atoms with Crippen LogP contribution < -0.4 is 11.5 Å². The van der Waals surface area contributed by atoms with Gasteiger partial charge >= 0.3 is 0 Å². The maximum absolute atomic E-state index is 9.74. The summed E-state index contributed by atoms with van der Waals surface area (Å²) in [5.41, 5.74) is 12.0. The van der Waals surface area contributed by atoms with Gasteiger partial charge in [-0.3, -0.25) is 4.98 Å². The van der Waals surface area contributed by atoms with E-state index >= 15 is 0 Å². The van der Waals surface area contributed by atoms with E-state index in [0.29, 0.717) is 5.56 Å². The molecule has 0 aromatic carbocycles. The number of nitrogens with zero attached hydrogens (tertiary/aromatic N) is 1. The van der Waals surface area contributed by atoms with Crippen LogP contribution >= 0.6 is 11.6 Å². The van der Waals surface area contributed by atoms with Gasteiger partial charge in [0.05, 0.1) is 23.7 Å². The molecule has 0 saturated carbocycles. The second-order valence-electron chi connectivity index (χ2n) is 3.22. The van der Waals surface area contributed by atoms with Crippen LogP contribution in [-0.2, 0) is 0 Å².